The molecule has 1 aromatic carbocycles. The SMILES string of the molecule is O=C(O)c1ccc2oc(CN3CCNCC3)cc2c1. The van der Waals surface area contributed by atoms with Crippen LogP contribution in [0.4, 0.5) is 0 Å². The van der Waals surface area contributed by atoms with E-state index in [-0.39, 0.29) is 0 Å². The number of furan rings is 1. The Balaban J connectivity index is 1.82. The molecule has 3 rings (SSSR count). The van der Waals surface area contributed by atoms with Gasteiger partial charge in [-0.2, -0.15) is 0 Å². The highest BCUT2D eigenvalue weighted by atomic mass is 16.4. The predicted molar refractivity (Wildman–Crippen MR) is 71.3 cm³/mol. The lowest BCUT2D eigenvalue weighted by molar-refractivity contribution is 0.0697. The van der Waals surface area contributed by atoms with Crippen LogP contribution in [-0.4, -0.2) is 42.2 Å². The summed E-state index contributed by atoms with van der Waals surface area (Å²) < 4.78 is 5.75. The van der Waals surface area contributed by atoms with E-state index >= 15 is 0 Å². The lowest BCUT2D eigenvalue weighted by Crippen LogP contribution is -2.42. The molecule has 5 nitrogen and oxygen atoms in total. The average molecular weight is 260 g/mol. The highest BCUT2D eigenvalue weighted by molar-refractivity contribution is 5.93. The highest BCUT2D eigenvalue weighted by Gasteiger charge is 2.13. The van der Waals surface area contributed by atoms with Gasteiger partial charge in [0.2, 0.25) is 0 Å². The zero-order chi connectivity index (χ0) is 13.2. The maximum Gasteiger partial charge on any atom is 0.335 e. The summed E-state index contributed by atoms with van der Waals surface area (Å²) in [6, 6.07) is 6.88. The first-order valence-electron chi connectivity index (χ1n) is 6.41. The highest BCUT2D eigenvalue weighted by Crippen LogP contribution is 2.22. The summed E-state index contributed by atoms with van der Waals surface area (Å²) in [6.45, 7) is 4.81. The van der Waals surface area contributed by atoms with Gasteiger partial charge in [0.1, 0.15) is 11.3 Å². The summed E-state index contributed by atoms with van der Waals surface area (Å²) in [6.07, 6.45) is 0. The third-order valence-electron chi connectivity index (χ3n) is 3.40. The Morgan fingerprint density at radius 1 is 1.32 bits per heavy atom. The molecule has 0 amide bonds. The topological polar surface area (TPSA) is 65.7 Å². The van der Waals surface area contributed by atoms with Crippen molar-refractivity contribution in [3.8, 4) is 0 Å². The molecule has 2 heterocycles. The zero-order valence-electron chi connectivity index (χ0n) is 10.6. The van der Waals surface area contributed by atoms with Crippen LogP contribution >= 0.6 is 0 Å². The molecular formula is C14H16N2O3. The Kier molecular flexibility index (Phi) is 3.23. The second kappa shape index (κ2) is 5.03. The number of aromatic carboxylic acids is 1. The third-order valence-corrected chi connectivity index (χ3v) is 3.40. The molecular weight excluding hydrogens is 244 g/mol. The van der Waals surface area contributed by atoms with Crippen molar-refractivity contribution in [2.75, 3.05) is 26.2 Å². The maximum absolute atomic E-state index is 10.9. The van der Waals surface area contributed by atoms with E-state index in [0.717, 1.165) is 49.5 Å². The molecule has 1 aliphatic heterocycles. The molecule has 19 heavy (non-hydrogen) atoms. The minimum atomic E-state index is -0.910. The fraction of sp³-hybridized carbons (Fsp3) is 0.357. The number of carbonyl (C=O) groups is 1. The molecule has 2 aromatic rings. The quantitative estimate of drug-likeness (QED) is 0.876. The minimum Gasteiger partial charge on any atom is -0.478 e. The van der Waals surface area contributed by atoms with Crippen LogP contribution in [0.1, 0.15) is 16.1 Å². The van der Waals surface area contributed by atoms with E-state index in [1.165, 1.54) is 0 Å². The molecule has 100 valence electrons. The van der Waals surface area contributed by atoms with Gasteiger partial charge in [0.25, 0.3) is 0 Å². The van der Waals surface area contributed by atoms with E-state index < -0.39 is 5.97 Å². The lowest BCUT2D eigenvalue weighted by atomic mass is 10.1. The molecule has 0 unspecified atom stereocenters. The normalized spacial score (nSPS) is 16.8. The van der Waals surface area contributed by atoms with Crippen molar-refractivity contribution in [3.63, 3.8) is 0 Å². The number of piperazine rings is 1. The van der Waals surface area contributed by atoms with Gasteiger partial charge in [-0.25, -0.2) is 4.79 Å². The zero-order valence-corrected chi connectivity index (χ0v) is 10.6. The molecule has 1 aromatic heterocycles. The summed E-state index contributed by atoms with van der Waals surface area (Å²) in [7, 11) is 0. The van der Waals surface area contributed by atoms with E-state index in [0.29, 0.717) is 5.56 Å². The van der Waals surface area contributed by atoms with E-state index in [1.54, 1.807) is 18.2 Å². The first kappa shape index (κ1) is 12.2. The summed E-state index contributed by atoms with van der Waals surface area (Å²) in [5.74, 6) is -0.0220. The molecule has 1 fully saturated rings. The van der Waals surface area contributed by atoms with Crippen LogP contribution in [0.2, 0.25) is 0 Å². The number of nitrogens with one attached hydrogen (secondary N) is 1. The van der Waals surface area contributed by atoms with Crippen molar-refractivity contribution in [1.82, 2.24) is 10.2 Å². The smallest absolute Gasteiger partial charge is 0.335 e. The van der Waals surface area contributed by atoms with Crippen LogP contribution in [0.5, 0.6) is 0 Å². The maximum atomic E-state index is 10.9. The number of carboxylic acids is 1. The number of hydrogen-bond acceptors (Lipinski definition) is 4. The van der Waals surface area contributed by atoms with Crippen LogP contribution < -0.4 is 5.32 Å². The number of rotatable bonds is 3. The van der Waals surface area contributed by atoms with Crippen molar-refractivity contribution >= 4 is 16.9 Å². The van der Waals surface area contributed by atoms with Crippen LogP contribution in [0.25, 0.3) is 11.0 Å². The van der Waals surface area contributed by atoms with E-state index in [4.69, 9.17) is 9.52 Å². The van der Waals surface area contributed by atoms with E-state index in [9.17, 15) is 4.79 Å². The molecule has 5 heteroatoms. The molecule has 2 N–H and O–H groups in total. The number of benzene rings is 1. The minimum absolute atomic E-state index is 0.294. The fourth-order valence-electron chi connectivity index (χ4n) is 2.40. The Morgan fingerprint density at radius 3 is 2.84 bits per heavy atom. The van der Waals surface area contributed by atoms with Gasteiger partial charge in [-0.3, -0.25) is 4.90 Å². The van der Waals surface area contributed by atoms with E-state index in [1.807, 2.05) is 6.07 Å². The van der Waals surface area contributed by atoms with Gasteiger partial charge in [0.15, 0.2) is 0 Å². The molecule has 1 saturated heterocycles. The van der Waals surface area contributed by atoms with Gasteiger partial charge < -0.3 is 14.8 Å². The van der Waals surface area contributed by atoms with Crippen molar-refractivity contribution in [1.29, 1.82) is 0 Å². The summed E-state index contributed by atoms with van der Waals surface area (Å²) >= 11 is 0. The second-order valence-corrected chi connectivity index (χ2v) is 4.80. The molecule has 0 aliphatic carbocycles. The molecule has 0 radical (unpaired) electrons. The van der Waals surface area contributed by atoms with Crippen molar-refractivity contribution in [2.45, 2.75) is 6.54 Å². The van der Waals surface area contributed by atoms with Crippen LogP contribution in [0.15, 0.2) is 28.7 Å². The Morgan fingerprint density at radius 2 is 2.11 bits per heavy atom. The summed E-state index contributed by atoms with van der Waals surface area (Å²) in [5.41, 5.74) is 1.04. The lowest BCUT2D eigenvalue weighted by Gasteiger charge is -2.26. The standard InChI is InChI=1S/C14H16N2O3/c17-14(18)10-1-2-13-11(7-10)8-12(19-13)9-16-5-3-15-4-6-16/h1-2,7-8,15H,3-6,9H2,(H,17,18). The van der Waals surface area contributed by atoms with Gasteiger partial charge in [-0.15, -0.1) is 0 Å². The first-order chi connectivity index (χ1) is 9.22. The van der Waals surface area contributed by atoms with Gasteiger partial charge in [0.05, 0.1) is 12.1 Å². The Labute approximate surface area is 110 Å². The van der Waals surface area contributed by atoms with Gasteiger partial charge in [-0.05, 0) is 24.3 Å². The average Bonchev–Trinajstić information content (AvgIpc) is 2.80. The van der Waals surface area contributed by atoms with Crippen LogP contribution in [0, 0.1) is 0 Å². The largest absolute Gasteiger partial charge is 0.478 e. The van der Waals surface area contributed by atoms with Crippen molar-refractivity contribution < 1.29 is 14.3 Å². The van der Waals surface area contributed by atoms with Crippen molar-refractivity contribution in [2.24, 2.45) is 0 Å². The molecule has 0 atom stereocenters. The van der Waals surface area contributed by atoms with E-state index in [2.05, 4.69) is 10.2 Å². The summed E-state index contributed by atoms with van der Waals surface area (Å²) in [4.78, 5) is 13.2. The first-order valence-corrected chi connectivity index (χ1v) is 6.41. The fourth-order valence-corrected chi connectivity index (χ4v) is 2.40. The molecule has 0 spiro atoms. The summed E-state index contributed by atoms with van der Waals surface area (Å²) in [5, 5.41) is 13.1. The number of fused-ring (bicyclic) bond motifs is 1. The van der Waals surface area contributed by atoms with Gasteiger partial charge in [-0.1, -0.05) is 0 Å². The molecule has 1 aliphatic rings. The number of nitrogens with zero attached hydrogens (tertiary/aromatic N) is 1. The Hall–Kier alpha value is -1.85. The van der Waals surface area contributed by atoms with Gasteiger partial charge in [0, 0.05) is 31.6 Å². The monoisotopic (exact) mass is 260 g/mol. The van der Waals surface area contributed by atoms with Crippen molar-refractivity contribution in [3.05, 3.63) is 35.6 Å². The molecule has 0 bridgehead atoms. The Bertz CT molecular complexity index is 600. The van der Waals surface area contributed by atoms with Crippen LogP contribution in [-0.2, 0) is 6.54 Å². The third kappa shape index (κ3) is 2.62. The number of carboxylic acid groups (broad SMARTS) is 1. The number of hydrogen-bond donors (Lipinski definition) is 2. The molecule has 0 saturated carbocycles. The second-order valence-electron chi connectivity index (χ2n) is 4.80. The predicted octanol–water partition coefficient (Wildman–Crippen LogP) is 1.54. The van der Waals surface area contributed by atoms with Crippen LogP contribution in [0.3, 0.4) is 0 Å². The van der Waals surface area contributed by atoms with Gasteiger partial charge >= 0.3 is 5.97 Å².